The average Bonchev–Trinajstić information content (AvgIpc) is 2.38. The molecule has 0 aliphatic heterocycles. The fraction of sp³-hybridized carbons (Fsp3) is 0.625. The van der Waals surface area contributed by atoms with Crippen LogP contribution in [-0.4, -0.2) is 32.8 Å². The molecule has 108 valence electrons. The molecule has 1 aromatic carbocycles. The number of likely N-dealkylation sites (N-methyl/N-ethyl adjacent to an activating group) is 1. The van der Waals surface area contributed by atoms with Crippen LogP contribution in [0.15, 0.2) is 18.2 Å². The van der Waals surface area contributed by atoms with E-state index in [0.717, 1.165) is 31.7 Å². The number of hydrogen-bond donors (Lipinski definition) is 2. The Balaban J connectivity index is 2.54. The van der Waals surface area contributed by atoms with E-state index >= 15 is 0 Å². The zero-order chi connectivity index (χ0) is 14.3. The molecule has 0 heterocycles. The first-order valence-corrected chi connectivity index (χ1v) is 7.08. The van der Waals surface area contributed by atoms with Crippen LogP contribution in [-0.2, 0) is 12.8 Å². The van der Waals surface area contributed by atoms with E-state index < -0.39 is 0 Å². The molecular formula is C16H28N2O. The smallest absolute Gasteiger partial charge is 0.122 e. The normalized spacial score (nSPS) is 11.6. The Morgan fingerprint density at radius 2 is 2.00 bits per heavy atom. The van der Waals surface area contributed by atoms with Crippen LogP contribution in [0, 0.1) is 0 Å². The second-order valence-corrected chi connectivity index (χ2v) is 5.59. The van der Waals surface area contributed by atoms with Gasteiger partial charge in [-0.3, -0.25) is 0 Å². The Hall–Kier alpha value is -1.06. The van der Waals surface area contributed by atoms with Crippen molar-refractivity contribution in [1.82, 2.24) is 10.6 Å². The molecule has 0 amide bonds. The number of hydrogen-bond acceptors (Lipinski definition) is 3. The first kappa shape index (κ1) is 16.0. The lowest BCUT2D eigenvalue weighted by atomic mass is 10.0. The molecule has 0 aliphatic carbocycles. The summed E-state index contributed by atoms with van der Waals surface area (Å²) in [4.78, 5) is 0. The van der Waals surface area contributed by atoms with Crippen molar-refractivity contribution in [1.29, 1.82) is 0 Å². The monoisotopic (exact) mass is 264 g/mol. The zero-order valence-corrected chi connectivity index (χ0v) is 13.0. The third-order valence-electron chi connectivity index (χ3n) is 3.36. The molecule has 0 saturated carbocycles. The van der Waals surface area contributed by atoms with Crippen molar-refractivity contribution in [3.8, 4) is 5.75 Å². The maximum absolute atomic E-state index is 5.36. The largest absolute Gasteiger partial charge is 0.496 e. The highest BCUT2D eigenvalue weighted by Gasteiger charge is 2.14. The standard InChI is InChI=1S/C16H28N2O/c1-6-14-11-13(7-8-15(14)19-5)9-10-18-16(2,3)12-17-4/h7-8,11,17-18H,6,9-10,12H2,1-5H3. The van der Waals surface area contributed by atoms with Crippen molar-refractivity contribution in [2.24, 2.45) is 0 Å². The summed E-state index contributed by atoms with van der Waals surface area (Å²) in [5.41, 5.74) is 2.79. The molecule has 0 radical (unpaired) electrons. The Kier molecular flexibility index (Phi) is 6.32. The quantitative estimate of drug-likeness (QED) is 0.756. The SMILES string of the molecule is CCc1cc(CCNC(C)(C)CNC)ccc1OC. The summed E-state index contributed by atoms with van der Waals surface area (Å²) in [7, 11) is 3.72. The third-order valence-corrected chi connectivity index (χ3v) is 3.36. The summed E-state index contributed by atoms with van der Waals surface area (Å²) in [5.74, 6) is 0.995. The van der Waals surface area contributed by atoms with Crippen molar-refractivity contribution < 1.29 is 4.74 Å². The Labute approximate surface area is 117 Å². The van der Waals surface area contributed by atoms with Crippen LogP contribution in [0.2, 0.25) is 0 Å². The molecule has 0 aromatic heterocycles. The maximum Gasteiger partial charge on any atom is 0.122 e. The van der Waals surface area contributed by atoms with E-state index in [1.54, 1.807) is 7.11 Å². The van der Waals surface area contributed by atoms with Crippen molar-refractivity contribution in [3.63, 3.8) is 0 Å². The van der Waals surface area contributed by atoms with Crippen LogP contribution in [0.5, 0.6) is 5.75 Å². The molecule has 0 atom stereocenters. The molecule has 0 fully saturated rings. The van der Waals surface area contributed by atoms with Gasteiger partial charge in [-0.1, -0.05) is 19.1 Å². The molecule has 0 saturated heterocycles. The lowest BCUT2D eigenvalue weighted by Gasteiger charge is -2.26. The number of ether oxygens (including phenoxy) is 1. The molecule has 19 heavy (non-hydrogen) atoms. The van der Waals surface area contributed by atoms with E-state index in [-0.39, 0.29) is 5.54 Å². The molecule has 0 unspecified atom stereocenters. The lowest BCUT2D eigenvalue weighted by Crippen LogP contribution is -2.47. The number of nitrogens with one attached hydrogen (secondary N) is 2. The highest BCUT2D eigenvalue weighted by molar-refractivity contribution is 5.37. The summed E-state index contributed by atoms with van der Waals surface area (Å²) >= 11 is 0. The van der Waals surface area contributed by atoms with Crippen molar-refractivity contribution >= 4 is 0 Å². The summed E-state index contributed by atoms with van der Waals surface area (Å²) < 4.78 is 5.36. The highest BCUT2D eigenvalue weighted by atomic mass is 16.5. The second kappa shape index (κ2) is 7.51. The van der Waals surface area contributed by atoms with E-state index in [0.29, 0.717) is 0 Å². The van der Waals surface area contributed by atoms with Gasteiger partial charge in [0.05, 0.1) is 7.11 Å². The van der Waals surface area contributed by atoms with Gasteiger partial charge < -0.3 is 15.4 Å². The summed E-state index contributed by atoms with van der Waals surface area (Å²) in [5, 5.41) is 6.79. The predicted molar refractivity (Wildman–Crippen MR) is 82.1 cm³/mol. The van der Waals surface area contributed by atoms with Crippen molar-refractivity contribution in [2.75, 3.05) is 27.2 Å². The van der Waals surface area contributed by atoms with Crippen LogP contribution in [0.25, 0.3) is 0 Å². The van der Waals surface area contributed by atoms with Crippen LogP contribution < -0.4 is 15.4 Å². The molecule has 1 rings (SSSR count). The topological polar surface area (TPSA) is 33.3 Å². The summed E-state index contributed by atoms with van der Waals surface area (Å²) in [6, 6.07) is 6.49. The minimum atomic E-state index is 0.134. The Morgan fingerprint density at radius 1 is 1.26 bits per heavy atom. The van der Waals surface area contributed by atoms with E-state index in [1.165, 1.54) is 11.1 Å². The zero-order valence-electron chi connectivity index (χ0n) is 13.0. The highest BCUT2D eigenvalue weighted by Crippen LogP contribution is 2.20. The maximum atomic E-state index is 5.36. The summed E-state index contributed by atoms with van der Waals surface area (Å²) in [6.45, 7) is 8.56. The number of rotatable bonds is 8. The van der Waals surface area contributed by atoms with Gasteiger partial charge >= 0.3 is 0 Å². The molecule has 0 bridgehead atoms. The summed E-state index contributed by atoms with van der Waals surface area (Å²) in [6.07, 6.45) is 2.06. The van der Waals surface area contributed by atoms with E-state index in [4.69, 9.17) is 4.74 Å². The Bertz CT molecular complexity index is 388. The van der Waals surface area contributed by atoms with E-state index in [1.807, 2.05) is 7.05 Å². The van der Waals surface area contributed by atoms with Crippen LogP contribution in [0.3, 0.4) is 0 Å². The molecule has 1 aromatic rings. The van der Waals surface area contributed by atoms with Crippen LogP contribution >= 0.6 is 0 Å². The van der Waals surface area contributed by atoms with E-state index in [9.17, 15) is 0 Å². The van der Waals surface area contributed by atoms with Gasteiger partial charge in [-0.25, -0.2) is 0 Å². The number of benzene rings is 1. The lowest BCUT2D eigenvalue weighted by molar-refractivity contribution is 0.378. The van der Waals surface area contributed by atoms with Gasteiger partial charge in [0.2, 0.25) is 0 Å². The van der Waals surface area contributed by atoms with Gasteiger partial charge in [-0.2, -0.15) is 0 Å². The molecule has 0 aliphatic rings. The van der Waals surface area contributed by atoms with E-state index in [2.05, 4.69) is 49.6 Å². The first-order valence-electron chi connectivity index (χ1n) is 7.08. The second-order valence-electron chi connectivity index (χ2n) is 5.59. The van der Waals surface area contributed by atoms with Crippen molar-refractivity contribution in [2.45, 2.75) is 39.2 Å². The van der Waals surface area contributed by atoms with Gasteiger partial charge in [0, 0.05) is 12.1 Å². The molecule has 2 N–H and O–H groups in total. The van der Waals surface area contributed by atoms with Gasteiger partial charge in [0.25, 0.3) is 0 Å². The minimum Gasteiger partial charge on any atom is -0.496 e. The molecular weight excluding hydrogens is 236 g/mol. The fourth-order valence-electron chi connectivity index (χ4n) is 2.31. The average molecular weight is 264 g/mol. The van der Waals surface area contributed by atoms with Gasteiger partial charge in [-0.15, -0.1) is 0 Å². The predicted octanol–water partition coefficient (Wildman–Crippen LogP) is 2.39. The molecule has 3 nitrogen and oxygen atoms in total. The van der Waals surface area contributed by atoms with Gasteiger partial charge in [0.1, 0.15) is 5.75 Å². The van der Waals surface area contributed by atoms with Crippen LogP contribution in [0.4, 0.5) is 0 Å². The third kappa shape index (κ3) is 5.21. The van der Waals surface area contributed by atoms with Crippen molar-refractivity contribution in [3.05, 3.63) is 29.3 Å². The number of methoxy groups -OCH3 is 1. The first-order chi connectivity index (χ1) is 9.02. The Morgan fingerprint density at radius 3 is 2.58 bits per heavy atom. The molecule has 3 heteroatoms. The molecule has 0 spiro atoms. The van der Waals surface area contributed by atoms with Crippen LogP contribution in [0.1, 0.15) is 31.9 Å². The van der Waals surface area contributed by atoms with Gasteiger partial charge in [0.15, 0.2) is 0 Å². The number of aryl methyl sites for hydroxylation is 1. The minimum absolute atomic E-state index is 0.134. The van der Waals surface area contributed by atoms with Gasteiger partial charge in [-0.05, 0) is 57.5 Å². The fourth-order valence-corrected chi connectivity index (χ4v) is 2.31.